The van der Waals surface area contributed by atoms with Crippen LogP contribution in [0.15, 0.2) is 48.5 Å². The average molecular weight is 353 g/mol. The SMILES string of the molecule is CNC(=O)c1ccc(N(Cc2ccccc2Cl)S(C)(=O)=O)cc1. The molecule has 2 rings (SSSR count). The number of halogens is 1. The number of benzene rings is 2. The maximum atomic E-state index is 12.1. The molecule has 0 fully saturated rings. The van der Waals surface area contributed by atoms with Gasteiger partial charge >= 0.3 is 0 Å². The van der Waals surface area contributed by atoms with Gasteiger partial charge < -0.3 is 5.32 Å². The predicted octanol–water partition coefficient (Wildman–Crippen LogP) is 2.67. The number of hydrogen-bond donors (Lipinski definition) is 1. The molecule has 0 unspecified atom stereocenters. The first-order valence-electron chi connectivity index (χ1n) is 6.86. The molecule has 0 atom stereocenters. The summed E-state index contributed by atoms with van der Waals surface area (Å²) in [5, 5.41) is 3.02. The second kappa shape index (κ2) is 7.02. The van der Waals surface area contributed by atoms with E-state index in [4.69, 9.17) is 11.6 Å². The second-order valence-electron chi connectivity index (χ2n) is 4.99. The third-order valence-corrected chi connectivity index (χ3v) is 4.83. The Kier molecular flexibility index (Phi) is 5.28. The Balaban J connectivity index is 2.37. The van der Waals surface area contributed by atoms with Crippen molar-refractivity contribution in [1.29, 1.82) is 0 Å². The third kappa shape index (κ3) is 4.24. The number of nitrogens with zero attached hydrogens (tertiary/aromatic N) is 1. The molecule has 2 aromatic rings. The molecule has 122 valence electrons. The summed E-state index contributed by atoms with van der Waals surface area (Å²) in [5.74, 6) is -0.228. The molecule has 0 aliphatic heterocycles. The Hall–Kier alpha value is -2.05. The highest BCUT2D eigenvalue weighted by Gasteiger charge is 2.19. The molecule has 0 spiro atoms. The van der Waals surface area contributed by atoms with Crippen LogP contribution in [-0.4, -0.2) is 27.6 Å². The van der Waals surface area contributed by atoms with Crippen LogP contribution < -0.4 is 9.62 Å². The lowest BCUT2D eigenvalue weighted by molar-refractivity contribution is 0.0963. The van der Waals surface area contributed by atoms with Crippen LogP contribution in [0.2, 0.25) is 5.02 Å². The highest BCUT2D eigenvalue weighted by molar-refractivity contribution is 7.92. The molecule has 1 N–H and O–H groups in total. The van der Waals surface area contributed by atoms with E-state index in [-0.39, 0.29) is 12.5 Å². The summed E-state index contributed by atoms with van der Waals surface area (Å²) >= 11 is 6.12. The maximum Gasteiger partial charge on any atom is 0.251 e. The lowest BCUT2D eigenvalue weighted by Crippen LogP contribution is -2.29. The third-order valence-electron chi connectivity index (χ3n) is 3.32. The lowest BCUT2D eigenvalue weighted by atomic mass is 10.2. The second-order valence-corrected chi connectivity index (χ2v) is 7.30. The van der Waals surface area contributed by atoms with Crippen molar-refractivity contribution in [3.63, 3.8) is 0 Å². The minimum atomic E-state index is -3.50. The van der Waals surface area contributed by atoms with Crippen molar-refractivity contribution in [3.8, 4) is 0 Å². The number of amides is 1. The van der Waals surface area contributed by atoms with Crippen molar-refractivity contribution in [1.82, 2.24) is 5.32 Å². The maximum absolute atomic E-state index is 12.1. The summed E-state index contributed by atoms with van der Waals surface area (Å²) in [6, 6.07) is 13.4. The average Bonchev–Trinajstić information content (AvgIpc) is 2.52. The Morgan fingerprint density at radius 1 is 1.13 bits per heavy atom. The largest absolute Gasteiger partial charge is 0.355 e. The minimum absolute atomic E-state index is 0.123. The summed E-state index contributed by atoms with van der Waals surface area (Å²) in [4.78, 5) is 11.6. The first kappa shape index (κ1) is 17.3. The van der Waals surface area contributed by atoms with Crippen molar-refractivity contribution in [3.05, 3.63) is 64.7 Å². The fraction of sp³-hybridized carbons (Fsp3) is 0.188. The monoisotopic (exact) mass is 352 g/mol. The lowest BCUT2D eigenvalue weighted by Gasteiger charge is -2.23. The molecule has 23 heavy (non-hydrogen) atoms. The van der Waals surface area contributed by atoms with Crippen LogP contribution in [0.1, 0.15) is 15.9 Å². The molecule has 0 saturated carbocycles. The molecular formula is C16H17ClN2O3S. The molecule has 1 amide bonds. The minimum Gasteiger partial charge on any atom is -0.355 e. The number of carbonyl (C=O) groups excluding carboxylic acids is 1. The zero-order valence-corrected chi connectivity index (χ0v) is 14.4. The van der Waals surface area contributed by atoms with Gasteiger partial charge in [-0.15, -0.1) is 0 Å². The van der Waals surface area contributed by atoms with Gasteiger partial charge in [0.05, 0.1) is 18.5 Å². The Labute approximate surface area is 140 Å². The van der Waals surface area contributed by atoms with Crippen molar-refractivity contribution in [2.45, 2.75) is 6.54 Å². The smallest absolute Gasteiger partial charge is 0.251 e. The van der Waals surface area contributed by atoms with Crippen LogP contribution in [0.5, 0.6) is 0 Å². The zero-order valence-electron chi connectivity index (χ0n) is 12.8. The Morgan fingerprint density at radius 2 is 1.74 bits per heavy atom. The summed E-state index contributed by atoms with van der Waals surface area (Å²) in [6.45, 7) is 0.123. The number of sulfonamides is 1. The highest BCUT2D eigenvalue weighted by atomic mass is 35.5. The molecular weight excluding hydrogens is 336 g/mol. The number of carbonyl (C=O) groups is 1. The van der Waals surface area contributed by atoms with Gasteiger partial charge in [-0.3, -0.25) is 9.10 Å². The van der Waals surface area contributed by atoms with Crippen LogP contribution >= 0.6 is 11.6 Å². The van der Waals surface area contributed by atoms with Gasteiger partial charge in [-0.25, -0.2) is 8.42 Å². The van der Waals surface area contributed by atoms with E-state index in [0.29, 0.717) is 21.8 Å². The first-order valence-corrected chi connectivity index (χ1v) is 9.09. The molecule has 7 heteroatoms. The van der Waals surface area contributed by atoms with Crippen molar-refractivity contribution in [2.75, 3.05) is 17.6 Å². The van der Waals surface area contributed by atoms with Gasteiger partial charge in [0.1, 0.15) is 0 Å². The van der Waals surface area contributed by atoms with Crippen LogP contribution in [0, 0.1) is 0 Å². The van der Waals surface area contributed by atoms with E-state index >= 15 is 0 Å². The summed E-state index contributed by atoms with van der Waals surface area (Å²) in [7, 11) is -1.96. The zero-order chi connectivity index (χ0) is 17.0. The fourth-order valence-corrected chi connectivity index (χ4v) is 3.18. The summed E-state index contributed by atoms with van der Waals surface area (Å²) in [6.07, 6.45) is 1.14. The quantitative estimate of drug-likeness (QED) is 0.899. The molecule has 0 heterocycles. The van der Waals surface area contributed by atoms with Crippen LogP contribution in [0.4, 0.5) is 5.69 Å². The Bertz CT molecular complexity index is 804. The molecule has 0 radical (unpaired) electrons. The number of hydrogen-bond acceptors (Lipinski definition) is 3. The van der Waals surface area contributed by atoms with E-state index in [9.17, 15) is 13.2 Å². The fourth-order valence-electron chi connectivity index (χ4n) is 2.10. The number of anilines is 1. The van der Waals surface area contributed by atoms with E-state index in [0.717, 1.165) is 6.26 Å². The van der Waals surface area contributed by atoms with Gasteiger partial charge in [-0.1, -0.05) is 29.8 Å². The molecule has 0 aromatic heterocycles. The van der Waals surface area contributed by atoms with Crippen LogP contribution in [-0.2, 0) is 16.6 Å². The van der Waals surface area contributed by atoms with Gasteiger partial charge in [-0.05, 0) is 35.9 Å². The topological polar surface area (TPSA) is 66.5 Å². The van der Waals surface area contributed by atoms with Gasteiger partial charge in [-0.2, -0.15) is 0 Å². The highest BCUT2D eigenvalue weighted by Crippen LogP contribution is 2.24. The van der Waals surface area contributed by atoms with E-state index < -0.39 is 10.0 Å². The normalized spacial score (nSPS) is 11.1. The van der Waals surface area contributed by atoms with Gasteiger partial charge in [0.25, 0.3) is 5.91 Å². The summed E-state index contributed by atoms with van der Waals surface area (Å²) < 4.78 is 25.5. The van der Waals surface area contributed by atoms with Crippen molar-refractivity contribution in [2.24, 2.45) is 0 Å². The summed E-state index contributed by atoms with van der Waals surface area (Å²) in [5.41, 5.74) is 1.64. The predicted molar refractivity (Wildman–Crippen MR) is 92.3 cm³/mol. The molecule has 0 bridgehead atoms. The standard InChI is InChI=1S/C16H17ClN2O3S/c1-18-16(20)12-7-9-14(10-8-12)19(23(2,21)22)11-13-5-3-4-6-15(13)17/h3-10H,11H2,1-2H3,(H,18,20). The molecule has 2 aromatic carbocycles. The van der Waals surface area contributed by atoms with Crippen molar-refractivity contribution < 1.29 is 13.2 Å². The van der Waals surface area contributed by atoms with E-state index in [1.54, 1.807) is 48.5 Å². The molecule has 5 nitrogen and oxygen atoms in total. The van der Waals surface area contributed by atoms with Crippen LogP contribution in [0.3, 0.4) is 0 Å². The molecule has 0 aliphatic carbocycles. The molecule has 0 aliphatic rings. The van der Waals surface area contributed by atoms with Crippen LogP contribution in [0.25, 0.3) is 0 Å². The number of rotatable bonds is 5. The van der Waals surface area contributed by atoms with E-state index in [2.05, 4.69) is 5.32 Å². The Morgan fingerprint density at radius 3 is 2.26 bits per heavy atom. The number of nitrogens with one attached hydrogen (secondary N) is 1. The van der Waals surface area contributed by atoms with E-state index in [1.165, 1.54) is 11.4 Å². The van der Waals surface area contributed by atoms with Gasteiger partial charge in [0.15, 0.2) is 0 Å². The van der Waals surface area contributed by atoms with Crippen molar-refractivity contribution >= 4 is 33.2 Å². The van der Waals surface area contributed by atoms with E-state index in [1.807, 2.05) is 0 Å². The molecule has 0 saturated heterocycles. The van der Waals surface area contributed by atoms with Gasteiger partial charge in [0.2, 0.25) is 10.0 Å². The first-order chi connectivity index (χ1) is 10.8. The van der Waals surface area contributed by atoms with Gasteiger partial charge in [0, 0.05) is 17.6 Å².